The Morgan fingerprint density at radius 3 is 2.73 bits per heavy atom. The van der Waals surface area contributed by atoms with E-state index < -0.39 is 6.61 Å². The second kappa shape index (κ2) is 5.06. The summed E-state index contributed by atoms with van der Waals surface area (Å²) >= 11 is 3.10. The number of benzene rings is 1. The number of nitrogens with two attached hydrogens (primary N) is 1. The zero-order chi connectivity index (χ0) is 11.4. The van der Waals surface area contributed by atoms with Gasteiger partial charge in [0.25, 0.3) is 0 Å². The van der Waals surface area contributed by atoms with E-state index in [1.807, 2.05) is 0 Å². The fourth-order valence-corrected chi connectivity index (χ4v) is 1.48. The number of hydrogen-bond acceptors (Lipinski definition) is 3. The first-order chi connectivity index (χ1) is 7.04. The maximum Gasteiger partial charge on any atom is 0.387 e. The molecule has 0 heterocycles. The van der Waals surface area contributed by atoms with Gasteiger partial charge in [-0.05, 0) is 22.0 Å². The summed E-state index contributed by atoms with van der Waals surface area (Å²) in [6.45, 7) is -2.87. The number of nitrogens with zero attached hydrogens (tertiary/aromatic N) is 1. The summed E-state index contributed by atoms with van der Waals surface area (Å²) in [5.74, 6) is 0.00996. The Labute approximate surface area is 94.1 Å². The van der Waals surface area contributed by atoms with E-state index in [1.54, 1.807) is 13.1 Å². The zero-order valence-corrected chi connectivity index (χ0v) is 9.46. The minimum Gasteiger partial charge on any atom is -0.434 e. The molecule has 1 rings (SSSR count). The smallest absolute Gasteiger partial charge is 0.387 e. The molecule has 0 amide bonds. The summed E-state index contributed by atoms with van der Waals surface area (Å²) in [6, 6.07) is 2.90. The van der Waals surface area contributed by atoms with E-state index in [0.717, 1.165) is 0 Å². The average molecular weight is 279 g/mol. The van der Waals surface area contributed by atoms with Crippen LogP contribution < -0.4 is 10.5 Å². The van der Waals surface area contributed by atoms with Gasteiger partial charge >= 0.3 is 6.61 Å². The van der Waals surface area contributed by atoms with Crippen molar-refractivity contribution in [2.24, 2.45) is 4.99 Å². The van der Waals surface area contributed by atoms with Gasteiger partial charge in [0, 0.05) is 30.6 Å². The number of anilines is 1. The Hall–Kier alpha value is -1.17. The standard InChI is InChI=1S/C9H9BrF2N2O/c1-14-4-5-2-6(10)8(3-7(5)13)15-9(11)12/h2-4,9H,13H2,1H3. The highest BCUT2D eigenvalue weighted by atomic mass is 79.9. The van der Waals surface area contributed by atoms with Gasteiger partial charge < -0.3 is 10.5 Å². The highest BCUT2D eigenvalue weighted by Crippen LogP contribution is 2.30. The molecule has 15 heavy (non-hydrogen) atoms. The number of aliphatic imine (C=N–C) groups is 1. The van der Waals surface area contributed by atoms with Crippen molar-refractivity contribution in [3.05, 3.63) is 22.2 Å². The van der Waals surface area contributed by atoms with Crippen molar-refractivity contribution in [1.82, 2.24) is 0 Å². The van der Waals surface area contributed by atoms with Crippen LogP contribution in [-0.4, -0.2) is 19.9 Å². The molecule has 0 atom stereocenters. The lowest BCUT2D eigenvalue weighted by molar-refractivity contribution is -0.0503. The first-order valence-corrected chi connectivity index (χ1v) is 4.80. The van der Waals surface area contributed by atoms with Crippen LogP contribution in [0.1, 0.15) is 5.56 Å². The van der Waals surface area contributed by atoms with E-state index >= 15 is 0 Å². The predicted molar refractivity (Wildman–Crippen MR) is 58.7 cm³/mol. The Bertz CT molecular complexity index is 383. The molecule has 6 heteroatoms. The summed E-state index contributed by atoms with van der Waals surface area (Å²) in [7, 11) is 1.59. The third-order valence-electron chi connectivity index (χ3n) is 1.62. The third-order valence-corrected chi connectivity index (χ3v) is 2.24. The number of nitrogen functional groups attached to an aromatic ring is 1. The predicted octanol–water partition coefficient (Wildman–Crippen LogP) is 2.68. The SMILES string of the molecule is CN=Cc1cc(Br)c(OC(F)F)cc1N. The van der Waals surface area contributed by atoms with Crippen LogP contribution in [0.3, 0.4) is 0 Å². The quantitative estimate of drug-likeness (QED) is 0.683. The van der Waals surface area contributed by atoms with E-state index in [4.69, 9.17) is 5.73 Å². The van der Waals surface area contributed by atoms with Gasteiger partial charge in [0.05, 0.1) is 4.47 Å². The molecule has 0 saturated carbocycles. The maximum absolute atomic E-state index is 12.0. The molecular weight excluding hydrogens is 270 g/mol. The van der Waals surface area contributed by atoms with Crippen LogP contribution in [0.4, 0.5) is 14.5 Å². The average Bonchev–Trinajstić information content (AvgIpc) is 2.13. The van der Waals surface area contributed by atoms with Gasteiger partial charge in [-0.2, -0.15) is 8.78 Å². The topological polar surface area (TPSA) is 47.6 Å². The molecule has 0 unspecified atom stereocenters. The van der Waals surface area contributed by atoms with Gasteiger partial charge in [0.15, 0.2) is 0 Å². The minimum absolute atomic E-state index is 0.00996. The largest absolute Gasteiger partial charge is 0.434 e. The molecule has 82 valence electrons. The summed E-state index contributed by atoms with van der Waals surface area (Å²) in [4.78, 5) is 3.78. The van der Waals surface area contributed by atoms with Crippen molar-refractivity contribution in [3.8, 4) is 5.75 Å². The highest BCUT2D eigenvalue weighted by Gasteiger charge is 2.10. The summed E-state index contributed by atoms with van der Waals surface area (Å²) in [6.07, 6.45) is 1.53. The molecule has 0 aromatic heterocycles. The number of ether oxygens (including phenoxy) is 1. The van der Waals surface area contributed by atoms with E-state index in [9.17, 15) is 8.78 Å². The van der Waals surface area contributed by atoms with Gasteiger partial charge in [-0.3, -0.25) is 4.99 Å². The lowest BCUT2D eigenvalue weighted by Gasteiger charge is -2.09. The lowest BCUT2D eigenvalue weighted by atomic mass is 10.2. The Balaban J connectivity index is 3.07. The number of hydrogen-bond donors (Lipinski definition) is 1. The van der Waals surface area contributed by atoms with Crippen LogP contribution in [0.15, 0.2) is 21.6 Å². The monoisotopic (exact) mass is 278 g/mol. The summed E-state index contributed by atoms with van der Waals surface area (Å²) < 4.78 is 28.6. The van der Waals surface area contributed by atoms with Crippen molar-refractivity contribution in [2.75, 3.05) is 12.8 Å². The van der Waals surface area contributed by atoms with E-state index in [-0.39, 0.29) is 5.75 Å². The second-order valence-corrected chi connectivity index (χ2v) is 3.53. The Kier molecular flexibility index (Phi) is 4.02. The number of rotatable bonds is 3. The summed E-state index contributed by atoms with van der Waals surface area (Å²) in [5, 5.41) is 0. The van der Waals surface area contributed by atoms with Gasteiger partial charge in [-0.1, -0.05) is 0 Å². The van der Waals surface area contributed by atoms with E-state index in [2.05, 4.69) is 25.7 Å². The summed E-state index contributed by atoms with van der Waals surface area (Å²) in [5.41, 5.74) is 6.59. The first-order valence-electron chi connectivity index (χ1n) is 4.00. The van der Waals surface area contributed by atoms with Crippen molar-refractivity contribution >= 4 is 27.8 Å². The molecule has 1 aromatic rings. The van der Waals surface area contributed by atoms with Crippen LogP contribution in [0.2, 0.25) is 0 Å². The van der Waals surface area contributed by atoms with E-state index in [0.29, 0.717) is 15.7 Å². The molecule has 0 aliphatic carbocycles. The zero-order valence-electron chi connectivity index (χ0n) is 7.88. The van der Waals surface area contributed by atoms with Crippen LogP contribution in [0.5, 0.6) is 5.75 Å². The third kappa shape index (κ3) is 3.16. The van der Waals surface area contributed by atoms with Crippen molar-refractivity contribution in [3.63, 3.8) is 0 Å². The van der Waals surface area contributed by atoms with Crippen LogP contribution in [0.25, 0.3) is 0 Å². The normalized spacial score (nSPS) is 11.3. The van der Waals surface area contributed by atoms with Gasteiger partial charge in [-0.15, -0.1) is 0 Å². The molecule has 2 N–H and O–H groups in total. The molecular formula is C9H9BrF2N2O. The van der Waals surface area contributed by atoms with Crippen molar-refractivity contribution in [1.29, 1.82) is 0 Å². The highest BCUT2D eigenvalue weighted by molar-refractivity contribution is 9.10. The van der Waals surface area contributed by atoms with E-state index in [1.165, 1.54) is 12.3 Å². The Morgan fingerprint density at radius 1 is 1.53 bits per heavy atom. The molecule has 0 fully saturated rings. The van der Waals surface area contributed by atoms with Crippen molar-refractivity contribution < 1.29 is 13.5 Å². The van der Waals surface area contributed by atoms with Crippen molar-refractivity contribution in [2.45, 2.75) is 6.61 Å². The molecule has 0 aliphatic heterocycles. The molecule has 0 bridgehead atoms. The maximum atomic E-state index is 12.0. The van der Waals surface area contributed by atoms with Gasteiger partial charge in [0.1, 0.15) is 5.75 Å². The number of alkyl halides is 2. The fourth-order valence-electron chi connectivity index (χ4n) is 1.02. The van der Waals surface area contributed by atoms with Gasteiger partial charge in [-0.25, -0.2) is 0 Å². The van der Waals surface area contributed by atoms with Gasteiger partial charge in [0.2, 0.25) is 0 Å². The fraction of sp³-hybridized carbons (Fsp3) is 0.222. The van der Waals surface area contributed by atoms with Crippen LogP contribution >= 0.6 is 15.9 Å². The molecule has 0 radical (unpaired) electrons. The molecule has 3 nitrogen and oxygen atoms in total. The Morgan fingerprint density at radius 2 is 2.20 bits per heavy atom. The minimum atomic E-state index is -2.87. The van der Waals surface area contributed by atoms with Crippen LogP contribution in [-0.2, 0) is 0 Å². The molecule has 0 saturated heterocycles. The number of halogens is 3. The van der Waals surface area contributed by atoms with Crippen LogP contribution in [0, 0.1) is 0 Å². The lowest BCUT2D eigenvalue weighted by Crippen LogP contribution is -2.04. The second-order valence-electron chi connectivity index (χ2n) is 2.68. The molecule has 0 aliphatic rings. The molecule has 0 spiro atoms. The first kappa shape index (κ1) is 11.9. The molecule has 1 aromatic carbocycles.